The molecule has 0 atom stereocenters. The van der Waals surface area contributed by atoms with Gasteiger partial charge in [-0.2, -0.15) is 5.26 Å². The predicted octanol–water partition coefficient (Wildman–Crippen LogP) is -0.143. The first kappa shape index (κ1) is 16.3. The summed E-state index contributed by atoms with van der Waals surface area (Å²) in [6.45, 7) is 3.84. The van der Waals surface area contributed by atoms with Crippen LogP contribution in [0.5, 0.6) is 5.75 Å². The summed E-state index contributed by atoms with van der Waals surface area (Å²) >= 11 is 0. The van der Waals surface area contributed by atoms with E-state index in [1.165, 1.54) is 4.90 Å². The van der Waals surface area contributed by atoms with Gasteiger partial charge >= 0.3 is 0 Å². The van der Waals surface area contributed by atoms with Gasteiger partial charge in [0.1, 0.15) is 18.8 Å². The number of morpholine rings is 1. The Hall–Kier alpha value is -2.10. The van der Waals surface area contributed by atoms with Gasteiger partial charge in [-0.05, 0) is 12.1 Å². The standard InChI is InChI=1S/C16H21N3O3/c1-21-15-6-3-2-5-14(15)19(8-4-7-17)16(20)13-18-9-11-22-12-10-18/h2-3,5-6H,4,8-13H2,1H3/p+1. The maximum absolute atomic E-state index is 12.7. The number of rotatable bonds is 6. The first-order valence-corrected chi connectivity index (χ1v) is 7.48. The SMILES string of the molecule is COc1ccccc1N(CCC#N)C(=O)C[NH+]1CCOCC1. The van der Waals surface area contributed by atoms with E-state index in [2.05, 4.69) is 6.07 Å². The molecule has 0 aliphatic carbocycles. The van der Waals surface area contributed by atoms with Crippen molar-refractivity contribution in [3.63, 3.8) is 0 Å². The quantitative estimate of drug-likeness (QED) is 0.794. The molecule has 22 heavy (non-hydrogen) atoms. The smallest absolute Gasteiger partial charge is 0.282 e. The molecule has 1 aromatic rings. The summed E-state index contributed by atoms with van der Waals surface area (Å²) in [5, 5.41) is 8.85. The molecule has 1 N–H and O–H groups in total. The molecule has 0 unspecified atom stereocenters. The van der Waals surface area contributed by atoms with E-state index < -0.39 is 0 Å². The second-order valence-electron chi connectivity index (χ2n) is 5.16. The molecule has 0 aromatic heterocycles. The van der Waals surface area contributed by atoms with Gasteiger partial charge < -0.3 is 19.3 Å². The van der Waals surface area contributed by atoms with Crippen LogP contribution in [-0.2, 0) is 9.53 Å². The van der Waals surface area contributed by atoms with Crippen molar-refractivity contribution in [2.75, 3.05) is 51.4 Å². The number of carbonyl (C=O) groups is 1. The molecule has 1 amide bonds. The number of ether oxygens (including phenoxy) is 2. The van der Waals surface area contributed by atoms with Crippen LogP contribution in [0.3, 0.4) is 0 Å². The van der Waals surface area contributed by atoms with E-state index in [0.717, 1.165) is 18.8 Å². The molecular weight excluding hydrogens is 282 g/mol. The zero-order valence-corrected chi connectivity index (χ0v) is 12.9. The molecular formula is C16H22N3O3+. The van der Waals surface area contributed by atoms with Crippen molar-refractivity contribution in [2.24, 2.45) is 0 Å². The third-order valence-electron chi connectivity index (χ3n) is 3.73. The van der Waals surface area contributed by atoms with Crippen molar-refractivity contribution >= 4 is 11.6 Å². The topological polar surface area (TPSA) is 67.0 Å². The van der Waals surface area contributed by atoms with Crippen LogP contribution in [0, 0.1) is 11.3 Å². The number of benzene rings is 1. The molecule has 118 valence electrons. The van der Waals surface area contributed by atoms with Gasteiger partial charge in [-0.1, -0.05) is 12.1 Å². The summed E-state index contributed by atoms with van der Waals surface area (Å²) in [4.78, 5) is 15.6. The predicted molar refractivity (Wildman–Crippen MR) is 82.0 cm³/mol. The Morgan fingerprint density at radius 1 is 1.41 bits per heavy atom. The maximum Gasteiger partial charge on any atom is 0.282 e. The number of hydrogen-bond acceptors (Lipinski definition) is 4. The second kappa shape index (κ2) is 8.37. The number of para-hydroxylation sites is 2. The molecule has 6 heteroatoms. The third kappa shape index (κ3) is 4.20. The van der Waals surface area contributed by atoms with E-state index >= 15 is 0 Å². The number of amides is 1. The van der Waals surface area contributed by atoms with Crippen molar-refractivity contribution < 1.29 is 19.2 Å². The lowest BCUT2D eigenvalue weighted by Crippen LogP contribution is -3.15. The van der Waals surface area contributed by atoms with E-state index in [4.69, 9.17) is 14.7 Å². The highest BCUT2D eigenvalue weighted by Crippen LogP contribution is 2.27. The van der Waals surface area contributed by atoms with Crippen LogP contribution < -0.4 is 14.5 Å². The summed E-state index contributed by atoms with van der Waals surface area (Å²) in [5.74, 6) is 0.655. The molecule has 0 bridgehead atoms. The van der Waals surface area contributed by atoms with Crippen LogP contribution in [0.2, 0.25) is 0 Å². The van der Waals surface area contributed by atoms with Gasteiger partial charge in [-0.3, -0.25) is 4.79 Å². The molecule has 1 heterocycles. The van der Waals surface area contributed by atoms with Crippen LogP contribution in [0.1, 0.15) is 6.42 Å². The number of quaternary nitrogens is 1. The summed E-state index contributed by atoms with van der Waals surface area (Å²) < 4.78 is 10.7. The molecule has 1 aliphatic rings. The summed E-state index contributed by atoms with van der Waals surface area (Å²) in [5.41, 5.74) is 0.720. The van der Waals surface area contributed by atoms with Crippen molar-refractivity contribution in [1.82, 2.24) is 0 Å². The molecule has 6 nitrogen and oxygen atoms in total. The van der Waals surface area contributed by atoms with E-state index in [-0.39, 0.29) is 5.91 Å². The van der Waals surface area contributed by atoms with E-state index in [0.29, 0.717) is 38.5 Å². The van der Waals surface area contributed by atoms with E-state index in [1.54, 1.807) is 12.0 Å². The number of nitrogens with one attached hydrogen (secondary N) is 1. The fraction of sp³-hybridized carbons (Fsp3) is 0.500. The number of hydrogen-bond donors (Lipinski definition) is 1. The van der Waals surface area contributed by atoms with Gasteiger partial charge in [0.15, 0.2) is 6.54 Å². The Kier molecular flexibility index (Phi) is 6.19. The Balaban J connectivity index is 2.14. The molecule has 0 radical (unpaired) electrons. The molecule has 1 aliphatic heterocycles. The zero-order chi connectivity index (χ0) is 15.8. The normalized spacial score (nSPS) is 15.1. The van der Waals surface area contributed by atoms with Crippen LogP contribution in [0.4, 0.5) is 5.69 Å². The molecule has 0 spiro atoms. The molecule has 1 fully saturated rings. The van der Waals surface area contributed by atoms with Gasteiger partial charge in [0, 0.05) is 6.54 Å². The Morgan fingerprint density at radius 3 is 2.82 bits per heavy atom. The molecule has 2 rings (SSSR count). The van der Waals surface area contributed by atoms with Crippen molar-refractivity contribution in [2.45, 2.75) is 6.42 Å². The third-order valence-corrected chi connectivity index (χ3v) is 3.73. The summed E-state index contributed by atoms with van der Waals surface area (Å²) in [7, 11) is 1.58. The number of carbonyl (C=O) groups excluding carboxylic acids is 1. The first-order valence-electron chi connectivity index (χ1n) is 7.48. The van der Waals surface area contributed by atoms with Crippen molar-refractivity contribution in [1.29, 1.82) is 5.26 Å². The lowest BCUT2D eigenvalue weighted by atomic mass is 10.2. The van der Waals surface area contributed by atoms with Crippen LogP contribution in [0.25, 0.3) is 0 Å². The van der Waals surface area contributed by atoms with Crippen molar-refractivity contribution in [3.8, 4) is 11.8 Å². The fourth-order valence-corrected chi connectivity index (χ4v) is 2.54. The molecule has 1 aromatic carbocycles. The monoisotopic (exact) mass is 304 g/mol. The minimum absolute atomic E-state index is 0.0108. The molecule has 0 saturated carbocycles. The lowest BCUT2D eigenvalue weighted by Gasteiger charge is -2.28. The largest absolute Gasteiger partial charge is 0.495 e. The van der Waals surface area contributed by atoms with Gasteiger partial charge in [0.25, 0.3) is 5.91 Å². The number of nitriles is 1. The molecule has 1 saturated heterocycles. The van der Waals surface area contributed by atoms with Gasteiger partial charge in [-0.15, -0.1) is 0 Å². The summed E-state index contributed by atoms with van der Waals surface area (Å²) in [6.07, 6.45) is 0.294. The number of anilines is 1. The van der Waals surface area contributed by atoms with Gasteiger partial charge in [0.2, 0.25) is 0 Å². The number of methoxy groups -OCH3 is 1. The second-order valence-corrected chi connectivity index (χ2v) is 5.16. The van der Waals surface area contributed by atoms with Crippen LogP contribution in [0.15, 0.2) is 24.3 Å². The zero-order valence-electron chi connectivity index (χ0n) is 12.9. The highest BCUT2D eigenvalue weighted by Gasteiger charge is 2.24. The average Bonchev–Trinajstić information content (AvgIpc) is 2.56. The van der Waals surface area contributed by atoms with E-state index in [9.17, 15) is 4.79 Å². The first-order chi connectivity index (χ1) is 10.8. The van der Waals surface area contributed by atoms with Crippen LogP contribution in [-0.4, -0.2) is 52.4 Å². The fourth-order valence-electron chi connectivity index (χ4n) is 2.54. The minimum atomic E-state index is 0.0108. The Bertz CT molecular complexity index is 536. The van der Waals surface area contributed by atoms with Crippen molar-refractivity contribution in [3.05, 3.63) is 24.3 Å². The van der Waals surface area contributed by atoms with Crippen LogP contribution >= 0.6 is 0 Å². The number of nitrogens with zero attached hydrogens (tertiary/aromatic N) is 2. The minimum Gasteiger partial charge on any atom is -0.495 e. The Labute approximate surface area is 130 Å². The average molecular weight is 304 g/mol. The summed E-state index contributed by atoms with van der Waals surface area (Å²) in [6, 6.07) is 9.51. The maximum atomic E-state index is 12.7. The lowest BCUT2D eigenvalue weighted by molar-refractivity contribution is -0.900. The van der Waals surface area contributed by atoms with Gasteiger partial charge in [-0.25, -0.2) is 0 Å². The highest BCUT2D eigenvalue weighted by molar-refractivity contribution is 5.95. The van der Waals surface area contributed by atoms with E-state index in [1.807, 2.05) is 24.3 Å². The Morgan fingerprint density at radius 2 is 2.14 bits per heavy atom. The highest BCUT2D eigenvalue weighted by atomic mass is 16.5. The van der Waals surface area contributed by atoms with Gasteiger partial charge in [0.05, 0.1) is 38.5 Å².